The van der Waals surface area contributed by atoms with Gasteiger partial charge >= 0.3 is 0 Å². The highest BCUT2D eigenvalue weighted by Gasteiger charge is 2.27. The normalized spacial score (nSPS) is 18.5. The number of unbranched alkanes of at least 4 members (excludes halogenated alkanes) is 1. The van der Waals surface area contributed by atoms with E-state index in [1.54, 1.807) is 8.99 Å². The fourth-order valence-electron chi connectivity index (χ4n) is 3.34. The van der Waals surface area contributed by atoms with E-state index in [1.165, 1.54) is 0 Å². The first-order valence-electron chi connectivity index (χ1n) is 9.80. The van der Waals surface area contributed by atoms with Gasteiger partial charge in [0, 0.05) is 52.2 Å². The van der Waals surface area contributed by atoms with Crippen LogP contribution in [-0.4, -0.2) is 84.9 Å². The number of amides is 1. The predicted octanol–water partition coefficient (Wildman–Crippen LogP) is 0.796. The van der Waals surface area contributed by atoms with Crippen LogP contribution in [0.3, 0.4) is 0 Å². The van der Waals surface area contributed by atoms with Crippen LogP contribution in [0.2, 0.25) is 5.02 Å². The van der Waals surface area contributed by atoms with Crippen LogP contribution >= 0.6 is 11.6 Å². The molecule has 2 aliphatic rings. The van der Waals surface area contributed by atoms with Crippen LogP contribution in [0.4, 0.5) is 0 Å². The monoisotopic (exact) mass is 433 g/mol. The van der Waals surface area contributed by atoms with E-state index >= 15 is 0 Å². The number of fused-ring (bicyclic) bond motifs is 1. The molecule has 0 aromatic carbocycles. The number of carbonyl (C=O) groups is 1. The molecular formula is C17H28ClN5O4S. The van der Waals surface area contributed by atoms with E-state index in [4.69, 9.17) is 16.3 Å². The van der Waals surface area contributed by atoms with Gasteiger partial charge < -0.3 is 10.1 Å². The number of piperazine rings is 1. The van der Waals surface area contributed by atoms with Crippen LogP contribution in [0.1, 0.15) is 36.7 Å². The Balaban J connectivity index is 1.43. The van der Waals surface area contributed by atoms with Crippen LogP contribution in [0, 0.1) is 0 Å². The number of hydrogen-bond donors (Lipinski definition) is 1. The van der Waals surface area contributed by atoms with Gasteiger partial charge in [-0.1, -0.05) is 24.9 Å². The molecule has 1 saturated heterocycles. The largest absolute Gasteiger partial charge is 0.477 e. The molecule has 0 saturated carbocycles. The lowest BCUT2D eigenvalue weighted by Crippen LogP contribution is -2.50. The zero-order valence-electron chi connectivity index (χ0n) is 16.2. The molecule has 11 heteroatoms. The van der Waals surface area contributed by atoms with Crippen LogP contribution in [-0.2, 0) is 16.6 Å². The van der Waals surface area contributed by atoms with Gasteiger partial charge in [-0.2, -0.15) is 9.40 Å². The molecule has 3 rings (SSSR count). The minimum absolute atomic E-state index is 0.186. The van der Waals surface area contributed by atoms with Crippen molar-refractivity contribution in [1.82, 2.24) is 24.3 Å². The minimum atomic E-state index is -3.15. The van der Waals surface area contributed by atoms with Gasteiger partial charge in [-0.05, 0) is 6.42 Å². The molecule has 0 radical (unpaired) electrons. The van der Waals surface area contributed by atoms with Gasteiger partial charge in [-0.3, -0.25) is 9.69 Å². The van der Waals surface area contributed by atoms with Crippen LogP contribution < -0.4 is 10.1 Å². The average Bonchev–Trinajstić information content (AvgIpc) is 3.04. The topological polar surface area (TPSA) is 96.8 Å². The van der Waals surface area contributed by atoms with Crippen molar-refractivity contribution >= 4 is 27.5 Å². The lowest BCUT2D eigenvalue weighted by molar-refractivity contribution is 0.0939. The number of hydrogen-bond acceptors (Lipinski definition) is 6. The van der Waals surface area contributed by atoms with Crippen molar-refractivity contribution in [2.75, 3.05) is 51.6 Å². The number of ether oxygens (including phenoxy) is 1. The maximum atomic E-state index is 12.4. The zero-order valence-corrected chi connectivity index (χ0v) is 17.8. The number of halogens is 1. The van der Waals surface area contributed by atoms with Gasteiger partial charge in [-0.25, -0.2) is 13.1 Å². The Morgan fingerprint density at radius 3 is 2.68 bits per heavy atom. The highest BCUT2D eigenvalue weighted by atomic mass is 35.5. The SMILES string of the molecule is CCCCS(=O)(=O)N1CCN(CCNC(=O)c2nn3c(c2Cl)OCCC3)CC1. The number of aryl methyl sites for hydroxylation is 1. The van der Waals surface area contributed by atoms with Gasteiger partial charge in [0.05, 0.1) is 12.4 Å². The second-order valence-corrected chi connectivity index (χ2v) is 9.53. The first-order chi connectivity index (χ1) is 13.4. The van der Waals surface area contributed by atoms with Gasteiger partial charge in [0.2, 0.25) is 15.9 Å². The molecule has 0 unspecified atom stereocenters. The third-order valence-corrected chi connectivity index (χ3v) is 7.31. The Hall–Kier alpha value is -1.36. The quantitative estimate of drug-likeness (QED) is 0.651. The number of nitrogens with one attached hydrogen (secondary N) is 1. The number of rotatable bonds is 8. The summed E-state index contributed by atoms with van der Waals surface area (Å²) in [4.78, 5) is 14.5. The van der Waals surface area contributed by atoms with E-state index in [0.29, 0.717) is 64.7 Å². The summed E-state index contributed by atoms with van der Waals surface area (Å²) < 4.78 is 33.2. The molecule has 1 fully saturated rings. The highest BCUT2D eigenvalue weighted by Crippen LogP contribution is 2.30. The Labute approximate surface area is 171 Å². The summed E-state index contributed by atoms with van der Waals surface area (Å²) in [7, 11) is -3.15. The van der Waals surface area contributed by atoms with Gasteiger partial charge in [0.15, 0.2) is 5.69 Å². The van der Waals surface area contributed by atoms with E-state index in [1.807, 2.05) is 6.92 Å². The molecule has 1 aromatic rings. The molecule has 0 bridgehead atoms. The third-order valence-electron chi connectivity index (χ3n) is 5.01. The molecule has 158 valence electrons. The van der Waals surface area contributed by atoms with Crippen molar-refractivity contribution in [3.63, 3.8) is 0 Å². The molecule has 3 heterocycles. The van der Waals surface area contributed by atoms with Crippen LogP contribution in [0.15, 0.2) is 0 Å². The molecular weight excluding hydrogens is 406 g/mol. The molecule has 0 aliphatic carbocycles. The van der Waals surface area contributed by atoms with E-state index in [2.05, 4.69) is 15.3 Å². The maximum absolute atomic E-state index is 12.4. The number of sulfonamides is 1. The summed E-state index contributed by atoms with van der Waals surface area (Å²) in [6, 6.07) is 0. The summed E-state index contributed by atoms with van der Waals surface area (Å²) in [6.07, 6.45) is 2.40. The second kappa shape index (κ2) is 9.43. The van der Waals surface area contributed by atoms with E-state index in [9.17, 15) is 13.2 Å². The van der Waals surface area contributed by atoms with E-state index < -0.39 is 10.0 Å². The van der Waals surface area contributed by atoms with Crippen molar-refractivity contribution in [1.29, 1.82) is 0 Å². The molecule has 2 aliphatic heterocycles. The van der Waals surface area contributed by atoms with Gasteiger partial charge in [0.25, 0.3) is 5.91 Å². The fraction of sp³-hybridized carbons (Fsp3) is 0.765. The lowest BCUT2D eigenvalue weighted by Gasteiger charge is -2.33. The third kappa shape index (κ3) is 4.97. The van der Waals surface area contributed by atoms with Crippen molar-refractivity contribution < 1.29 is 17.9 Å². The summed E-state index contributed by atoms with van der Waals surface area (Å²) in [6.45, 7) is 6.66. The summed E-state index contributed by atoms with van der Waals surface area (Å²) in [5, 5.41) is 7.33. The molecule has 1 N–H and O–H groups in total. The number of carbonyl (C=O) groups excluding carboxylic acids is 1. The first-order valence-corrected chi connectivity index (χ1v) is 11.8. The van der Waals surface area contributed by atoms with E-state index in [0.717, 1.165) is 12.8 Å². The van der Waals surface area contributed by atoms with Crippen LogP contribution in [0.25, 0.3) is 0 Å². The van der Waals surface area contributed by atoms with Crippen molar-refractivity contribution in [3.8, 4) is 5.88 Å². The lowest BCUT2D eigenvalue weighted by atomic mass is 10.3. The summed E-state index contributed by atoms with van der Waals surface area (Å²) in [5.41, 5.74) is 0.186. The van der Waals surface area contributed by atoms with Crippen LogP contribution in [0.5, 0.6) is 5.88 Å². The zero-order chi connectivity index (χ0) is 20.1. The fourth-order valence-corrected chi connectivity index (χ4v) is 5.25. The van der Waals surface area contributed by atoms with Crippen molar-refractivity contribution in [3.05, 3.63) is 10.7 Å². The average molecular weight is 434 g/mol. The maximum Gasteiger partial charge on any atom is 0.273 e. The summed E-state index contributed by atoms with van der Waals surface area (Å²) >= 11 is 6.22. The standard InChI is InChI=1S/C17H28ClN5O4S/c1-2-3-13-28(25,26)22-10-8-21(9-11-22)7-5-19-16(24)15-14(18)17-23(20-15)6-4-12-27-17/h2-13H2,1H3,(H,19,24). The number of nitrogens with zero attached hydrogens (tertiary/aromatic N) is 4. The Kier molecular flexibility index (Phi) is 7.19. The molecule has 1 amide bonds. The summed E-state index contributed by atoms with van der Waals surface area (Å²) in [5.74, 6) is 0.355. The smallest absolute Gasteiger partial charge is 0.273 e. The molecule has 9 nitrogen and oxygen atoms in total. The molecule has 0 atom stereocenters. The second-order valence-electron chi connectivity index (χ2n) is 7.06. The molecule has 0 spiro atoms. The van der Waals surface area contributed by atoms with Crippen molar-refractivity contribution in [2.45, 2.75) is 32.7 Å². The highest BCUT2D eigenvalue weighted by molar-refractivity contribution is 7.89. The van der Waals surface area contributed by atoms with Gasteiger partial charge in [-0.15, -0.1) is 0 Å². The minimum Gasteiger partial charge on any atom is -0.477 e. The molecule has 1 aromatic heterocycles. The van der Waals surface area contributed by atoms with Gasteiger partial charge in [0.1, 0.15) is 5.02 Å². The Morgan fingerprint density at radius 2 is 2.00 bits per heavy atom. The predicted molar refractivity (Wildman–Crippen MR) is 106 cm³/mol. The Morgan fingerprint density at radius 1 is 1.25 bits per heavy atom. The molecule has 28 heavy (non-hydrogen) atoms. The van der Waals surface area contributed by atoms with E-state index in [-0.39, 0.29) is 22.4 Å². The first kappa shape index (κ1) is 21.4. The Bertz CT molecular complexity index is 790. The number of aromatic nitrogens is 2. The van der Waals surface area contributed by atoms with Crippen molar-refractivity contribution in [2.24, 2.45) is 0 Å².